The molecule has 2 N–H and O–H groups in total. The van der Waals surface area contributed by atoms with Gasteiger partial charge in [0.2, 0.25) is 5.91 Å². The molecule has 0 saturated carbocycles. The number of hydrogen-bond acceptors (Lipinski definition) is 3. The minimum atomic E-state index is -0.0345. The van der Waals surface area contributed by atoms with Gasteiger partial charge in [-0.25, -0.2) is 0 Å². The maximum absolute atomic E-state index is 11.4. The van der Waals surface area contributed by atoms with Crippen molar-refractivity contribution in [2.45, 2.75) is 26.2 Å². The Balaban J connectivity index is 0.00000400. The van der Waals surface area contributed by atoms with E-state index in [1.807, 2.05) is 0 Å². The van der Waals surface area contributed by atoms with Crippen molar-refractivity contribution >= 4 is 17.2 Å². The van der Waals surface area contributed by atoms with E-state index in [1.54, 1.807) is 18.3 Å². The molecular weight excluding hydrogens is 284 g/mol. The van der Waals surface area contributed by atoms with Gasteiger partial charge in [0.05, 0.1) is 27.2 Å². The van der Waals surface area contributed by atoms with Gasteiger partial charge in [-0.1, -0.05) is 6.58 Å². The summed E-state index contributed by atoms with van der Waals surface area (Å²) in [7, 11) is 4.52. The normalized spacial score (nSPS) is 10.8. The number of thiophene rings is 1. The quantitative estimate of drug-likeness (QED) is 0.433. The molecule has 1 aromatic heterocycles. The third kappa shape index (κ3) is 8.65. The van der Waals surface area contributed by atoms with E-state index in [2.05, 4.69) is 42.8 Å². The van der Waals surface area contributed by atoms with Crippen LogP contribution in [0.4, 0.5) is 0 Å². The summed E-state index contributed by atoms with van der Waals surface area (Å²) in [5.74, 6) is -0.0345. The van der Waals surface area contributed by atoms with Crippen LogP contribution in [0.3, 0.4) is 0 Å². The van der Waals surface area contributed by atoms with Crippen molar-refractivity contribution in [3.63, 3.8) is 0 Å². The second-order valence-electron chi connectivity index (χ2n) is 6.01. The molecule has 0 aliphatic rings. The Morgan fingerprint density at radius 1 is 1.33 bits per heavy atom. The highest BCUT2D eigenvalue weighted by atomic mass is 32.1. The molecule has 0 spiro atoms. The van der Waals surface area contributed by atoms with E-state index in [-0.39, 0.29) is 11.4 Å². The molecule has 0 aromatic carbocycles. The highest BCUT2D eigenvalue weighted by Gasteiger charge is 2.14. The fourth-order valence-corrected chi connectivity index (χ4v) is 2.82. The minimum Gasteiger partial charge on any atom is -0.870 e. The first-order valence-electron chi connectivity index (χ1n) is 7.17. The highest BCUT2D eigenvalue weighted by molar-refractivity contribution is 7.07. The molecule has 0 saturated heterocycles. The van der Waals surface area contributed by atoms with Crippen LogP contribution in [0.1, 0.15) is 25.3 Å². The molecule has 0 unspecified atom stereocenters. The summed E-state index contributed by atoms with van der Waals surface area (Å²) in [6.45, 7) is 8.36. The molecule has 1 aromatic rings. The Kier molecular flexibility index (Phi) is 9.17. The highest BCUT2D eigenvalue weighted by Crippen LogP contribution is 2.10. The molecule has 120 valence electrons. The number of aryl methyl sites for hydroxylation is 1. The predicted octanol–water partition coefficient (Wildman–Crippen LogP) is 2.66. The zero-order chi connectivity index (χ0) is 15.0. The largest absolute Gasteiger partial charge is 0.870 e. The molecule has 1 heterocycles. The molecule has 0 aliphatic heterocycles. The lowest BCUT2D eigenvalue weighted by molar-refractivity contribution is -0.890. The molecule has 0 bridgehead atoms. The van der Waals surface area contributed by atoms with Crippen molar-refractivity contribution < 1.29 is 14.8 Å². The van der Waals surface area contributed by atoms with Gasteiger partial charge in [-0.05, 0) is 35.7 Å². The van der Waals surface area contributed by atoms with E-state index in [1.165, 1.54) is 18.5 Å². The first kappa shape index (κ1) is 19.8. The Labute approximate surface area is 132 Å². The number of quaternary nitrogens is 1. The number of carbonyl (C=O) groups is 1. The minimum absolute atomic E-state index is 0. The van der Waals surface area contributed by atoms with Gasteiger partial charge >= 0.3 is 0 Å². The average Bonchev–Trinajstić information content (AvgIpc) is 2.87. The van der Waals surface area contributed by atoms with E-state index in [0.717, 1.165) is 30.4 Å². The van der Waals surface area contributed by atoms with Gasteiger partial charge < -0.3 is 15.3 Å². The maximum atomic E-state index is 11.4. The van der Waals surface area contributed by atoms with Crippen molar-refractivity contribution in [3.05, 3.63) is 34.5 Å². The van der Waals surface area contributed by atoms with Gasteiger partial charge in [-0.3, -0.25) is 4.79 Å². The van der Waals surface area contributed by atoms with Gasteiger partial charge in [0.25, 0.3) is 0 Å². The maximum Gasteiger partial charge on any atom is 0.246 e. The van der Waals surface area contributed by atoms with E-state index >= 15 is 0 Å². The fourth-order valence-electron chi connectivity index (χ4n) is 2.12. The SMILES string of the molecule is C=C(C)C(=O)NCCC[N+](C)(C)CCCc1ccsc1.[OH-]. The average molecular weight is 312 g/mol. The van der Waals surface area contributed by atoms with Gasteiger partial charge in [0.1, 0.15) is 0 Å². The van der Waals surface area contributed by atoms with Crippen LogP contribution in [0, 0.1) is 0 Å². The summed E-state index contributed by atoms with van der Waals surface area (Å²) in [5, 5.41) is 7.25. The second-order valence-corrected chi connectivity index (χ2v) is 6.79. The van der Waals surface area contributed by atoms with Crippen LogP contribution >= 0.6 is 11.3 Å². The Morgan fingerprint density at radius 2 is 2.00 bits per heavy atom. The molecule has 1 amide bonds. The molecule has 5 heteroatoms. The summed E-state index contributed by atoms with van der Waals surface area (Å²) in [4.78, 5) is 11.4. The van der Waals surface area contributed by atoms with Crippen LogP contribution in [0.25, 0.3) is 0 Å². The summed E-state index contributed by atoms with van der Waals surface area (Å²) >= 11 is 1.77. The van der Waals surface area contributed by atoms with Crippen molar-refractivity contribution in [1.82, 2.24) is 5.32 Å². The number of nitrogens with zero attached hydrogens (tertiary/aromatic N) is 1. The topological polar surface area (TPSA) is 59.1 Å². The lowest BCUT2D eigenvalue weighted by atomic mass is 10.2. The molecule has 21 heavy (non-hydrogen) atoms. The number of amides is 1. The van der Waals surface area contributed by atoms with Gasteiger partial charge in [0, 0.05) is 25.0 Å². The van der Waals surface area contributed by atoms with E-state index < -0.39 is 0 Å². The van der Waals surface area contributed by atoms with Crippen LogP contribution < -0.4 is 5.32 Å². The lowest BCUT2D eigenvalue weighted by Crippen LogP contribution is -2.42. The Hall–Kier alpha value is -1.17. The van der Waals surface area contributed by atoms with E-state index in [9.17, 15) is 4.79 Å². The van der Waals surface area contributed by atoms with Crippen molar-refractivity contribution in [2.75, 3.05) is 33.7 Å². The Morgan fingerprint density at radius 3 is 2.57 bits per heavy atom. The number of hydrogen-bond donors (Lipinski definition) is 1. The van der Waals surface area contributed by atoms with Crippen LogP contribution in [-0.2, 0) is 11.2 Å². The molecule has 4 nitrogen and oxygen atoms in total. The van der Waals surface area contributed by atoms with Crippen molar-refractivity contribution in [1.29, 1.82) is 0 Å². The van der Waals surface area contributed by atoms with E-state index in [0.29, 0.717) is 5.57 Å². The monoisotopic (exact) mass is 312 g/mol. The van der Waals surface area contributed by atoms with Crippen LogP contribution in [0.15, 0.2) is 29.0 Å². The first-order chi connectivity index (χ1) is 9.41. The lowest BCUT2D eigenvalue weighted by Gasteiger charge is -2.30. The van der Waals surface area contributed by atoms with Crippen molar-refractivity contribution in [3.8, 4) is 0 Å². The third-order valence-corrected chi connectivity index (χ3v) is 4.15. The Bertz CT molecular complexity index is 427. The van der Waals surface area contributed by atoms with Crippen LogP contribution in [0.2, 0.25) is 0 Å². The predicted molar refractivity (Wildman–Crippen MR) is 88.9 cm³/mol. The van der Waals surface area contributed by atoms with E-state index in [4.69, 9.17) is 0 Å². The summed E-state index contributed by atoms with van der Waals surface area (Å²) in [5.41, 5.74) is 2.03. The fraction of sp³-hybridized carbons (Fsp3) is 0.562. The van der Waals surface area contributed by atoms with Crippen molar-refractivity contribution in [2.24, 2.45) is 0 Å². The zero-order valence-corrected chi connectivity index (χ0v) is 14.2. The molecular formula is C16H28N2O2S. The second kappa shape index (κ2) is 9.71. The zero-order valence-electron chi connectivity index (χ0n) is 13.4. The van der Waals surface area contributed by atoms with Gasteiger partial charge in [0.15, 0.2) is 0 Å². The molecule has 0 aliphatic carbocycles. The van der Waals surface area contributed by atoms with Crippen LogP contribution in [0.5, 0.6) is 0 Å². The third-order valence-electron chi connectivity index (χ3n) is 3.42. The number of nitrogens with one attached hydrogen (secondary N) is 1. The summed E-state index contributed by atoms with van der Waals surface area (Å²) in [6, 6.07) is 2.21. The summed E-state index contributed by atoms with van der Waals surface area (Å²) in [6.07, 6.45) is 3.38. The molecule has 0 radical (unpaired) electrons. The summed E-state index contributed by atoms with van der Waals surface area (Å²) < 4.78 is 1.01. The smallest absolute Gasteiger partial charge is 0.246 e. The number of carbonyl (C=O) groups excluding carboxylic acids is 1. The molecule has 0 fully saturated rings. The van der Waals surface area contributed by atoms with Crippen LogP contribution in [-0.4, -0.2) is 49.6 Å². The van der Waals surface area contributed by atoms with Gasteiger partial charge in [-0.2, -0.15) is 11.3 Å². The first-order valence-corrected chi connectivity index (χ1v) is 8.12. The van der Waals surface area contributed by atoms with Gasteiger partial charge in [-0.15, -0.1) is 0 Å². The standard InChI is InChI=1S/C16H26N2OS.H2O/c1-14(2)16(19)17-9-6-11-18(3,4)10-5-7-15-8-12-20-13-15;/h8,12-13H,1,5-7,9-11H2,2-4H3;1H2. The molecule has 0 atom stereocenters. The molecule has 1 rings (SSSR count). The number of rotatable bonds is 9.